The molecule has 204 valence electrons. The number of nitrogens with one attached hydrogen (secondary N) is 1. The average molecular weight is 543 g/mol. The van der Waals surface area contributed by atoms with Crippen molar-refractivity contribution in [3.8, 4) is 0 Å². The summed E-state index contributed by atoms with van der Waals surface area (Å²) in [5.74, 6) is -0.760. The van der Waals surface area contributed by atoms with Gasteiger partial charge in [-0.3, -0.25) is 14.4 Å². The van der Waals surface area contributed by atoms with E-state index in [1.165, 1.54) is 23.2 Å². The number of carbonyl (C=O) groups excluding carboxylic acids is 3. The highest BCUT2D eigenvalue weighted by Crippen LogP contribution is 2.34. The molecule has 0 saturated carbocycles. The summed E-state index contributed by atoms with van der Waals surface area (Å²) < 4.78 is 28.0. The first kappa shape index (κ1) is 27.7. The van der Waals surface area contributed by atoms with E-state index in [1.54, 1.807) is 12.1 Å². The largest absolute Gasteiger partial charge is 0.619 e. The van der Waals surface area contributed by atoms with Gasteiger partial charge >= 0.3 is 0 Å². The van der Waals surface area contributed by atoms with Gasteiger partial charge in [0.2, 0.25) is 15.9 Å². The summed E-state index contributed by atoms with van der Waals surface area (Å²) in [6.07, 6.45) is 2.78. The van der Waals surface area contributed by atoms with Crippen LogP contribution in [0.25, 0.3) is 0 Å². The first-order valence-electron chi connectivity index (χ1n) is 12.8. The number of amides is 2. The zero-order valence-electron chi connectivity index (χ0n) is 22.0. The molecule has 3 atom stereocenters. The SMILES string of the molecule is CC(C)CC(NC(=O)c1ccc(C(C)C)cc1)C(=O)N1CCC2C1C(=O)CN2S(=O)(=O)c1ccc[n+]([O-])c1. The summed E-state index contributed by atoms with van der Waals surface area (Å²) in [5.41, 5.74) is 1.53. The fourth-order valence-corrected chi connectivity index (χ4v) is 6.85. The van der Waals surface area contributed by atoms with Crippen LogP contribution in [0.15, 0.2) is 53.7 Å². The number of rotatable bonds is 8. The van der Waals surface area contributed by atoms with Gasteiger partial charge < -0.3 is 15.4 Å². The third-order valence-electron chi connectivity index (χ3n) is 7.17. The predicted molar refractivity (Wildman–Crippen MR) is 139 cm³/mol. The molecular formula is C27H34N4O6S. The topological polar surface area (TPSA) is 131 Å². The Labute approximate surface area is 223 Å². The molecule has 10 nitrogen and oxygen atoms in total. The highest BCUT2D eigenvalue weighted by Gasteiger charge is 2.54. The highest BCUT2D eigenvalue weighted by molar-refractivity contribution is 7.89. The quantitative estimate of drug-likeness (QED) is 0.400. The molecule has 0 radical (unpaired) electrons. The van der Waals surface area contributed by atoms with Gasteiger partial charge in [-0.25, -0.2) is 8.42 Å². The lowest BCUT2D eigenvalue weighted by Crippen LogP contribution is -2.53. The molecule has 1 aromatic carbocycles. The van der Waals surface area contributed by atoms with Crippen molar-refractivity contribution in [3.05, 3.63) is 65.1 Å². The van der Waals surface area contributed by atoms with Crippen molar-refractivity contribution in [2.45, 2.75) is 69.5 Å². The van der Waals surface area contributed by atoms with Crippen LogP contribution in [0, 0.1) is 11.1 Å². The molecule has 2 aliphatic rings. The maximum atomic E-state index is 13.7. The van der Waals surface area contributed by atoms with Crippen LogP contribution in [0.5, 0.6) is 0 Å². The van der Waals surface area contributed by atoms with Crippen molar-refractivity contribution in [1.82, 2.24) is 14.5 Å². The number of likely N-dealkylation sites (tertiary alicyclic amines) is 1. The Morgan fingerprint density at radius 1 is 1.13 bits per heavy atom. The van der Waals surface area contributed by atoms with Crippen LogP contribution >= 0.6 is 0 Å². The zero-order chi connectivity index (χ0) is 27.8. The molecule has 0 aliphatic carbocycles. The second-order valence-corrected chi connectivity index (χ2v) is 12.6. The molecule has 0 bridgehead atoms. The molecule has 1 N–H and O–H groups in total. The van der Waals surface area contributed by atoms with E-state index in [0.717, 1.165) is 16.1 Å². The first-order chi connectivity index (χ1) is 17.9. The van der Waals surface area contributed by atoms with Gasteiger partial charge in [0, 0.05) is 18.2 Å². The third-order valence-corrected chi connectivity index (χ3v) is 9.02. The van der Waals surface area contributed by atoms with Crippen LogP contribution in [-0.4, -0.2) is 66.4 Å². The maximum absolute atomic E-state index is 13.7. The number of ketones is 1. The molecule has 2 saturated heterocycles. The van der Waals surface area contributed by atoms with E-state index in [9.17, 15) is 28.0 Å². The number of sulfonamides is 1. The Bertz CT molecular complexity index is 1330. The van der Waals surface area contributed by atoms with Gasteiger partial charge in [-0.1, -0.05) is 39.8 Å². The van der Waals surface area contributed by atoms with E-state index in [0.29, 0.717) is 22.6 Å². The van der Waals surface area contributed by atoms with Crippen LogP contribution in [0.1, 0.15) is 62.4 Å². The lowest BCUT2D eigenvalue weighted by molar-refractivity contribution is -0.607. The lowest BCUT2D eigenvalue weighted by Gasteiger charge is -2.29. The van der Waals surface area contributed by atoms with Crippen LogP contribution in [0.4, 0.5) is 0 Å². The van der Waals surface area contributed by atoms with Gasteiger partial charge in [0.15, 0.2) is 18.2 Å². The second kappa shape index (κ2) is 10.8. The van der Waals surface area contributed by atoms with Gasteiger partial charge in [0.25, 0.3) is 5.91 Å². The van der Waals surface area contributed by atoms with Crippen molar-refractivity contribution in [2.75, 3.05) is 13.1 Å². The zero-order valence-corrected chi connectivity index (χ0v) is 22.8. The molecule has 2 aromatic rings. The summed E-state index contributed by atoms with van der Waals surface area (Å²) >= 11 is 0. The summed E-state index contributed by atoms with van der Waals surface area (Å²) in [4.78, 5) is 41.0. The predicted octanol–water partition coefficient (Wildman–Crippen LogP) is 1.83. The number of aromatic nitrogens is 1. The maximum Gasteiger partial charge on any atom is 0.251 e. The second-order valence-electron chi connectivity index (χ2n) is 10.7. The number of hydrogen-bond donors (Lipinski definition) is 1. The molecule has 11 heteroatoms. The summed E-state index contributed by atoms with van der Waals surface area (Å²) in [6.45, 7) is 7.81. The van der Waals surface area contributed by atoms with Crippen LogP contribution in [0.2, 0.25) is 0 Å². The minimum Gasteiger partial charge on any atom is -0.619 e. The molecule has 1 aromatic heterocycles. The number of fused-ring (bicyclic) bond motifs is 1. The van der Waals surface area contributed by atoms with Crippen LogP contribution in [-0.2, 0) is 19.6 Å². The Kier molecular flexibility index (Phi) is 7.89. The number of benzene rings is 1. The smallest absolute Gasteiger partial charge is 0.251 e. The molecule has 38 heavy (non-hydrogen) atoms. The molecule has 2 fully saturated rings. The normalized spacial score (nSPS) is 20.7. The van der Waals surface area contributed by atoms with Gasteiger partial charge in [-0.15, -0.1) is 0 Å². The van der Waals surface area contributed by atoms with Crippen molar-refractivity contribution in [1.29, 1.82) is 0 Å². The van der Waals surface area contributed by atoms with E-state index in [4.69, 9.17) is 0 Å². The van der Waals surface area contributed by atoms with E-state index in [-0.39, 0.29) is 42.0 Å². The summed E-state index contributed by atoms with van der Waals surface area (Å²) in [5, 5.41) is 14.5. The molecule has 2 amide bonds. The lowest BCUT2D eigenvalue weighted by atomic mass is 10.00. The van der Waals surface area contributed by atoms with Gasteiger partial charge in [-0.2, -0.15) is 9.04 Å². The number of pyridine rings is 1. The monoisotopic (exact) mass is 542 g/mol. The van der Waals surface area contributed by atoms with Crippen LogP contribution < -0.4 is 10.0 Å². The molecule has 2 aliphatic heterocycles. The van der Waals surface area contributed by atoms with Gasteiger partial charge in [0.1, 0.15) is 17.0 Å². The fourth-order valence-electron chi connectivity index (χ4n) is 5.22. The number of carbonyl (C=O) groups is 3. The average Bonchev–Trinajstić information content (AvgIpc) is 3.44. The number of hydrogen-bond acceptors (Lipinski definition) is 6. The molecule has 0 spiro atoms. The molecule has 3 unspecified atom stereocenters. The summed E-state index contributed by atoms with van der Waals surface area (Å²) in [6, 6.07) is 7.34. The van der Waals surface area contributed by atoms with Crippen LogP contribution in [0.3, 0.4) is 0 Å². The first-order valence-corrected chi connectivity index (χ1v) is 14.3. The van der Waals surface area contributed by atoms with Crippen molar-refractivity contribution < 1.29 is 27.5 Å². The Morgan fingerprint density at radius 2 is 1.82 bits per heavy atom. The Morgan fingerprint density at radius 3 is 2.42 bits per heavy atom. The Balaban J connectivity index is 1.53. The fraction of sp³-hybridized carbons (Fsp3) is 0.481. The standard InChI is InChI=1S/C27H34N4O6S/c1-17(2)14-22(28-26(33)20-9-7-19(8-10-20)18(3)4)27(34)30-13-11-23-25(30)24(32)16-31(23)38(36,37)21-6-5-12-29(35)15-21/h5-10,12,15,17-18,22-23,25H,11,13-14,16H2,1-4H3,(H,28,33). The highest BCUT2D eigenvalue weighted by atomic mass is 32.2. The third kappa shape index (κ3) is 5.44. The number of nitrogens with zero attached hydrogens (tertiary/aromatic N) is 3. The van der Waals surface area contributed by atoms with Crippen molar-refractivity contribution in [2.24, 2.45) is 5.92 Å². The minimum atomic E-state index is -4.12. The van der Waals surface area contributed by atoms with Crippen molar-refractivity contribution in [3.63, 3.8) is 0 Å². The van der Waals surface area contributed by atoms with E-state index in [2.05, 4.69) is 19.2 Å². The molecule has 4 rings (SSSR count). The van der Waals surface area contributed by atoms with Crippen molar-refractivity contribution >= 4 is 27.6 Å². The van der Waals surface area contributed by atoms with E-state index < -0.39 is 34.1 Å². The molecular weight excluding hydrogens is 508 g/mol. The molecule has 3 heterocycles. The van der Waals surface area contributed by atoms with E-state index in [1.807, 2.05) is 26.0 Å². The van der Waals surface area contributed by atoms with E-state index >= 15 is 0 Å². The van der Waals surface area contributed by atoms with Gasteiger partial charge in [-0.05, 0) is 48.4 Å². The minimum absolute atomic E-state index is 0.0824. The number of Topliss-reactive ketones (excluding diaryl/α,β-unsaturated/α-hetero) is 1. The Hall–Kier alpha value is -3.31. The summed E-state index contributed by atoms with van der Waals surface area (Å²) in [7, 11) is -4.12. The van der Waals surface area contributed by atoms with Gasteiger partial charge in [0.05, 0.1) is 12.6 Å².